The van der Waals surface area contributed by atoms with Crippen LogP contribution in [0.5, 0.6) is 0 Å². The van der Waals surface area contributed by atoms with Gasteiger partial charge in [-0.3, -0.25) is 24.1 Å². The van der Waals surface area contributed by atoms with E-state index in [0.717, 1.165) is 31.4 Å². The number of nitrogens with zero attached hydrogens (tertiary/aromatic N) is 3. The Morgan fingerprint density at radius 3 is 2.00 bits per heavy atom. The number of ether oxygens (including phenoxy) is 3. The van der Waals surface area contributed by atoms with Gasteiger partial charge in [0.1, 0.15) is 18.1 Å². The SMILES string of the molecule is CC[C@H](C)[C@@H]([C@@H](CCN1CCC[C@H]1[C@H](OC)[C@@H](C)C(=O)N[C@@H](Cc1ccccc1)C(=O)OC)OC)N(C)C(=O)[C@@H](NC(=O)[C@H](C(C)C)N(C)C(=O)[C@H](C)N)C(C)C. The zero-order chi connectivity index (χ0) is 43.1. The van der Waals surface area contributed by atoms with E-state index in [1.807, 2.05) is 65.0 Å². The summed E-state index contributed by atoms with van der Waals surface area (Å²) in [4.78, 5) is 72.7. The molecule has 4 amide bonds. The molecular weight excluding hydrogens is 729 g/mol. The molecule has 14 nitrogen and oxygen atoms in total. The van der Waals surface area contributed by atoms with Crippen LogP contribution >= 0.6 is 0 Å². The molecule has 14 heteroatoms. The molecule has 1 aliphatic heterocycles. The van der Waals surface area contributed by atoms with E-state index in [0.29, 0.717) is 19.4 Å². The molecule has 0 bridgehead atoms. The molecule has 0 saturated carbocycles. The third-order valence-electron chi connectivity index (χ3n) is 11.7. The van der Waals surface area contributed by atoms with E-state index in [2.05, 4.69) is 29.4 Å². The minimum Gasteiger partial charge on any atom is -0.467 e. The van der Waals surface area contributed by atoms with Gasteiger partial charge in [0.05, 0.1) is 37.3 Å². The Morgan fingerprint density at radius 1 is 0.860 bits per heavy atom. The number of hydrogen-bond donors (Lipinski definition) is 3. The van der Waals surface area contributed by atoms with Crippen LogP contribution in [0, 0.1) is 23.7 Å². The van der Waals surface area contributed by atoms with Crippen molar-refractivity contribution in [3.8, 4) is 0 Å². The van der Waals surface area contributed by atoms with Crippen LogP contribution in [0.2, 0.25) is 0 Å². The van der Waals surface area contributed by atoms with Gasteiger partial charge in [-0.25, -0.2) is 4.79 Å². The topological polar surface area (TPSA) is 173 Å². The van der Waals surface area contributed by atoms with Crippen LogP contribution in [-0.4, -0.2) is 141 Å². The number of rotatable bonds is 23. The fourth-order valence-electron chi connectivity index (χ4n) is 8.30. The predicted octanol–water partition coefficient (Wildman–Crippen LogP) is 3.25. The molecule has 1 aromatic carbocycles. The minimum absolute atomic E-state index is 0.0536. The maximum atomic E-state index is 14.4. The van der Waals surface area contributed by atoms with Crippen LogP contribution in [0.15, 0.2) is 30.3 Å². The third kappa shape index (κ3) is 13.5. The summed E-state index contributed by atoms with van der Waals surface area (Å²) in [6.07, 6.45) is 2.70. The van der Waals surface area contributed by atoms with Gasteiger partial charge in [0.25, 0.3) is 0 Å². The Bertz CT molecular complexity index is 1430. The standard InChI is InChI=1S/C43H74N6O8/c1-14-28(6)37(48(10)42(53)35(26(2)3)46-40(51)36(27(4)5)47(9)41(52)30(8)44)34(55-11)22-24-49-23-18-21-33(49)38(56-12)29(7)39(50)45-32(43(54)57-13)25-31-19-16-15-17-20-31/h15-17,19-20,26-30,32-38H,14,18,21-25,44H2,1-13H3,(H,45,50)(H,46,51)/t28-,29+,30-,32-,33-,34+,35-,36-,37-,38+/m0/s1. The van der Waals surface area contributed by atoms with Crippen molar-refractivity contribution in [3.05, 3.63) is 35.9 Å². The Kier molecular flexibility index (Phi) is 20.6. The van der Waals surface area contributed by atoms with Crippen molar-refractivity contribution in [1.82, 2.24) is 25.3 Å². The largest absolute Gasteiger partial charge is 0.467 e. The zero-order valence-electron chi connectivity index (χ0n) is 36.9. The first kappa shape index (κ1) is 49.6. The molecule has 0 unspecified atom stereocenters. The van der Waals surface area contributed by atoms with Crippen LogP contribution in [-0.2, 0) is 44.6 Å². The molecule has 1 heterocycles. The number of benzene rings is 1. The number of amides is 4. The molecule has 1 aliphatic rings. The number of hydrogen-bond acceptors (Lipinski definition) is 10. The summed E-state index contributed by atoms with van der Waals surface area (Å²) in [5.74, 6) is -2.74. The number of esters is 1. The first-order valence-electron chi connectivity index (χ1n) is 20.7. The van der Waals surface area contributed by atoms with Crippen molar-refractivity contribution in [2.45, 2.75) is 136 Å². The van der Waals surface area contributed by atoms with Crippen LogP contribution in [0.1, 0.15) is 86.6 Å². The van der Waals surface area contributed by atoms with Gasteiger partial charge in [-0.2, -0.15) is 0 Å². The van der Waals surface area contributed by atoms with Crippen molar-refractivity contribution >= 4 is 29.6 Å². The molecule has 2 rings (SSSR count). The molecule has 57 heavy (non-hydrogen) atoms. The zero-order valence-corrected chi connectivity index (χ0v) is 36.9. The van der Waals surface area contributed by atoms with Crippen LogP contribution < -0.4 is 16.4 Å². The number of carbonyl (C=O) groups excluding carboxylic acids is 5. The summed E-state index contributed by atoms with van der Waals surface area (Å²) in [6.45, 7) is 16.6. The van der Waals surface area contributed by atoms with Crippen LogP contribution in [0.4, 0.5) is 0 Å². The van der Waals surface area contributed by atoms with E-state index in [9.17, 15) is 24.0 Å². The number of likely N-dealkylation sites (tertiary alicyclic amines) is 1. The second kappa shape index (κ2) is 23.7. The molecule has 4 N–H and O–H groups in total. The van der Waals surface area contributed by atoms with Crippen molar-refractivity contribution in [2.24, 2.45) is 29.4 Å². The summed E-state index contributed by atoms with van der Waals surface area (Å²) in [6, 6.07) is 5.88. The lowest BCUT2D eigenvalue weighted by atomic mass is 9.89. The average Bonchev–Trinajstić information content (AvgIpc) is 3.64. The molecule has 10 atom stereocenters. The van der Waals surface area contributed by atoms with Gasteiger partial charge < -0.3 is 40.4 Å². The number of carbonyl (C=O) groups is 5. The molecule has 1 aromatic rings. The van der Waals surface area contributed by atoms with E-state index in [1.54, 1.807) is 40.1 Å². The van der Waals surface area contributed by atoms with E-state index >= 15 is 0 Å². The summed E-state index contributed by atoms with van der Waals surface area (Å²) in [5, 5.41) is 5.91. The van der Waals surface area contributed by atoms with Gasteiger partial charge in [0, 0.05) is 47.3 Å². The highest BCUT2D eigenvalue weighted by Crippen LogP contribution is 2.29. The molecule has 0 radical (unpaired) electrons. The van der Waals surface area contributed by atoms with E-state index in [1.165, 1.54) is 12.0 Å². The van der Waals surface area contributed by atoms with Gasteiger partial charge in [-0.15, -0.1) is 0 Å². The normalized spacial score (nSPS) is 19.4. The first-order chi connectivity index (χ1) is 26.9. The summed E-state index contributed by atoms with van der Waals surface area (Å²) in [5.41, 5.74) is 6.77. The maximum absolute atomic E-state index is 14.4. The molecule has 0 aliphatic carbocycles. The Balaban J connectivity index is 2.25. The van der Waals surface area contributed by atoms with E-state index < -0.39 is 48.1 Å². The molecule has 1 saturated heterocycles. The van der Waals surface area contributed by atoms with Crippen molar-refractivity contribution < 1.29 is 38.2 Å². The maximum Gasteiger partial charge on any atom is 0.328 e. The molecular formula is C43H74N6O8. The highest BCUT2D eigenvalue weighted by molar-refractivity contribution is 5.93. The summed E-state index contributed by atoms with van der Waals surface area (Å²) >= 11 is 0. The lowest BCUT2D eigenvalue weighted by Crippen LogP contribution is -2.60. The number of nitrogens with two attached hydrogens (primary N) is 1. The van der Waals surface area contributed by atoms with Crippen LogP contribution in [0.25, 0.3) is 0 Å². The summed E-state index contributed by atoms with van der Waals surface area (Å²) in [7, 11) is 7.94. The lowest BCUT2D eigenvalue weighted by molar-refractivity contribution is -0.146. The number of likely N-dealkylation sites (N-methyl/N-ethyl adjacent to an activating group) is 2. The molecule has 0 spiro atoms. The first-order valence-corrected chi connectivity index (χ1v) is 20.7. The van der Waals surface area contributed by atoms with Gasteiger partial charge in [0.2, 0.25) is 23.6 Å². The van der Waals surface area contributed by atoms with E-state index in [4.69, 9.17) is 19.9 Å². The fourth-order valence-corrected chi connectivity index (χ4v) is 8.30. The highest BCUT2D eigenvalue weighted by Gasteiger charge is 2.42. The Labute approximate surface area is 342 Å². The number of methoxy groups -OCH3 is 3. The van der Waals surface area contributed by atoms with Crippen molar-refractivity contribution in [3.63, 3.8) is 0 Å². The van der Waals surface area contributed by atoms with Gasteiger partial charge in [0.15, 0.2) is 0 Å². The minimum atomic E-state index is -0.838. The monoisotopic (exact) mass is 803 g/mol. The molecule has 0 aromatic heterocycles. The van der Waals surface area contributed by atoms with Crippen molar-refractivity contribution in [1.29, 1.82) is 0 Å². The molecule has 324 valence electrons. The van der Waals surface area contributed by atoms with Crippen LogP contribution in [0.3, 0.4) is 0 Å². The summed E-state index contributed by atoms with van der Waals surface area (Å²) < 4.78 is 17.2. The molecule has 1 fully saturated rings. The lowest BCUT2D eigenvalue weighted by Gasteiger charge is -2.41. The third-order valence-corrected chi connectivity index (χ3v) is 11.7. The van der Waals surface area contributed by atoms with Gasteiger partial charge >= 0.3 is 5.97 Å². The van der Waals surface area contributed by atoms with E-state index in [-0.39, 0.29) is 53.7 Å². The quantitative estimate of drug-likeness (QED) is 0.140. The van der Waals surface area contributed by atoms with Crippen molar-refractivity contribution in [2.75, 3.05) is 48.5 Å². The fraction of sp³-hybridized carbons (Fsp3) is 0.744. The number of nitrogens with one attached hydrogen (secondary N) is 2. The van der Waals surface area contributed by atoms with Gasteiger partial charge in [-0.1, -0.05) is 85.2 Å². The Morgan fingerprint density at radius 2 is 1.49 bits per heavy atom. The van der Waals surface area contributed by atoms with Gasteiger partial charge in [-0.05, 0) is 56.0 Å². The predicted molar refractivity (Wildman–Crippen MR) is 222 cm³/mol. The smallest absolute Gasteiger partial charge is 0.328 e. The second-order valence-corrected chi connectivity index (χ2v) is 16.6. The second-order valence-electron chi connectivity index (χ2n) is 16.6. The Hall–Kier alpha value is -3.59. The highest BCUT2D eigenvalue weighted by atomic mass is 16.5. The average molecular weight is 803 g/mol.